The normalized spacial score (nSPS) is 11.1. The Morgan fingerprint density at radius 3 is 2.60 bits per heavy atom. The van der Waals surface area contributed by atoms with Crippen LogP contribution < -0.4 is 11.1 Å². The lowest BCUT2D eigenvalue weighted by Crippen LogP contribution is -2.21. The first kappa shape index (κ1) is 11.4. The molecule has 0 bridgehead atoms. The average molecular weight is 218 g/mol. The highest BCUT2D eigenvalue weighted by Crippen LogP contribution is 2.30. The minimum atomic E-state index is -4.38. The zero-order valence-electron chi connectivity index (χ0n) is 7.64. The Kier molecular flexibility index (Phi) is 3.18. The third kappa shape index (κ3) is 3.49. The van der Waals surface area contributed by atoms with Crippen molar-refractivity contribution < 1.29 is 18.0 Å². The van der Waals surface area contributed by atoms with E-state index in [0.29, 0.717) is 0 Å². The van der Waals surface area contributed by atoms with Crippen molar-refractivity contribution in [1.82, 2.24) is 0 Å². The van der Waals surface area contributed by atoms with Crippen LogP contribution in [0.2, 0.25) is 0 Å². The van der Waals surface area contributed by atoms with Gasteiger partial charge in [0.2, 0.25) is 5.91 Å². The van der Waals surface area contributed by atoms with Crippen LogP contribution in [0.15, 0.2) is 24.3 Å². The molecule has 0 unspecified atom stereocenters. The molecule has 0 radical (unpaired) electrons. The third-order valence-electron chi connectivity index (χ3n) is 1.66. The molecule has 6 heteroatoms. The van der Waals surface area contributed by atoms with E-state index in [1.54, 1.807) is 0 Å². The van der Waals surface area contributed by atoms with Gasteiger partial charge in [-0.3, -0.25) is 4.79 Å². The number of anilines is 1. The summed E-state index contributed by atoms with van der Waals surface area (Å²) in [7, 11) is 0. The van der Waals surface area contributed by atoms with Crippen molar-refractivity contribution in [2.24, 2.45) is 5.73 Å². The number of primary amides is 1. The molecule has 0 aromatic heterocycles. The van der Waals surface area contributed by atoms with Crippen molar-refractivity contribution in [3.63, 3.8) is 0 Å². The SMILES string of the molecule is NC(=O)CNc1cccc(C(F)(F)F)c1. The van der Waals surface area contributed by atoms with E-state index >= 15 is 0 Å². The molecule has 1 amide bonds. The molecule has 0 saturated carbocycles. The monoisotopic (exact) mass is 218 g/mol. The van der Waals surface area contributed by atoms with Crippen molar-refractivity contribution in [2.75, 3.05) is 11.9 Å². The number of alkyl halides is 3. The molecule has 1 rings (SSSR count). The van der Waals surface area contributed by atoms with Crippen molar-refractivity contribution in [2.45, 2.75) is 6.18 Å². The molecule has 0 saturated heterocycles. The Balaban J connectivity index is 2.79. The Morgan fingerprint density at radius 2 is 2.07 bits per heavy atom. The molecule has 0 aliphatic rings. The van der Waals surface area contributed by atoms with Gasteiger partial charge >= 0.3 is 6.18 Å². The zero-order chi connectivity index (χ0) is 11.5. The number of amides is 1. The summed E-state index contributed by atoms with van der Waals surface area (Å²) in [5.74, 6) is -0.632. The Morgan fingerprint density at radius 1 is 1.40 bits per heavy atom. The van der Waals surface area contributed by atoms with Gasteiger partial charge in [0.05, 0.1) is 12.1 Å². The van der Waals surface area contributed by atoms with Crippen LogP contribution in [0.5, 0.6) is 0 Å². The molecule has 1 aromatic rings. The van der Waals surface area contributed by atoms with Gasteiger partial charge in [0.15, 0.2) is 0 Å². The lowest BCUT2D eigenvalue weighted by atomic mass is 10.2. The molecule has 0 spiro atoms. The van der Waals surface area contributed by atoms with E-state index < -0.39 is 17.6 Å². The fraction of sp³-hybridized carbons (Fsp3) is 0.222. The maximum absolute atomic E-state index is 12.2. The predicted octanol–water partition coefficient (Wildman–Crippen LogP) is 1.60. The molecule has 15 heavy (non-hydrogen) atoms. The molecule has 0 heterocycles. The maximum Gasteiger partial charge on any atom is 0.416 e. The van der Waals surface area contributed by atoms with Crippen molar-refractivity contribution in [1.29, 1.82) is 0 Å². The van der Waals surface area contributed by atoms with Gasteiger partial charge in [0.1, 0.15) is 0 Å². The summed E-state index contributed by atoms with van der Waals surface area (Å²) in [6.45, 7) is -0.193. The van der Waals surface area contributed by atoms with E-state index in [0.717, 1.165) is 12.1 Å². The molecule has 0 atom stereocenters. The molecular formula is C9H9F3N2O. The Labute approximate surface area is 84.1 Å². The first-order valence-electron chi connectivity index (χ1n) is 4.09. The second-order valence-electron chi connectivity index (χ2n) is 2.90. The highest BCUT2D eigenvalue weighted by Gasteiger charge is 2.30. The summed E-state index contributed by atoms with van der Waals surface area (Å²) < 4.78 is 36.7. The first-order chi connectivity index (χ1) is 6.89. The van der Waals surface area contributed by atoms with E-state index in [4.69, 9.17) is 5.73 Å². The van der Waals surface area contributed by atoms with E-state index in [2.05, 4.69) is 5.32 Å². The molecule has 0 aliphatic heterocycles. The van der Waals surface area contributed by atoms with Gasteiger partial charge in [-0.15, -0.1) is 0 Å². The van der Waals surface area contributed by atoms with Crippen LogP contribution in [-0.4, -0.2) is 12.5 Å². The largest absolute Gasteiger partial charge is 0.416 e. The van der Waals surface area contributed by atoms with Gasteiger partial charge in [0.25, 0.3) is 0 Å². The fourth-order valence-electron chi connectivity index (χ4n) is 0.995. The summed E-state index contributed by atoms with van der Waals surface area (Å²) >= 11 is 0. The second-order valence-corrected chi connectivity index (χ2v) is 2.90. The summed E-state index contributed by atoms with van der Waals surface area (Å²) in [5.41, 5.74) is 4.29. The second kappa shape index (κ2) is 4.20. The van der Waals surface area contributed by atoms with Gasteiger partial charge in [0, 0.05) is 5.69 Å². The molecule has 3 nitrogen and oxygen atoms in total. The van der Waals surface area contributed by atoms with Crippen molar-refractivity contribution in [3.05, 3.63) is 29.8 Å². The smallest absolute Gasteiger partial charge is 0.376 e. The molecule has 82 valence electrons. The van der Waals surface area contributed by atoms with Crippen LogP contribution in [0.1, 0.15) is 5.56 Å². The Hall–Kier alpha value is -1.72. The lowest BCUT2D eigenvalue weighted by Gasteiger charge is -2.09. The number of halogens is 3. The summed E-state index contributed by atoms with van der Waals surface area (Å²) in [5, 5.41) is 2.48. The van der Waals surface area contributed by atoms with E-state index in [9.17, 15) is 18.0 Å². The van der Waals surface area contributed by atoms with Gasteiger partial charge in [-0.05, 0) is 18.2 Å². The number of hydrogen-bond acceptors (Lipinski definition) is 2. The van der Waals surface area contributed by atoms with Gasteiger partial charge in [-0.1, -0.05) is 6.07 Å². The number of hydrogen-bond donors (Lipinski definition) is 2. The van der Waals surface area contributed by atoms with Crippen LogP contribution in [0, 0.1) is 0 Å². The van der Waals surface area contributed by atoms with Gasteiger partial charge < -0.3 is 11.1 Å². The van der Waals surface area contributed by atoms with Crippen LogP contribution >= 0.6 is 0 Å². The average Bonchev–Trinajstić information content (AvgIpc) is 2.14. The molecule has 3 N–H and O–H groups in total. The number of nitrogens with two attached hydrogens (primary N) is 1. The highest BCUT2D eigenvalue weighted by molar-refractivity contribution is 5.78. The maximum atomic E-state index is 12.2. The van der Waals surface area contributed by atoms with Gasteiger partial charge in [-0.2, -0.15) is 13.2 Å². The molecule has 1 aromatic carbocycles. The summed E-state index contributed by atoms with van der Waals surface area (Å²) in [6.07, 6.45) is -4.38. The van der Waals surface area contributed by atoms with E-state index in [1.165, 1.54) is 12.1 Å². The highest BCUT2D eigenvalue weighted by atomic mass is 19.4. The number of nitrogens with one attached hydrogen (secondary N) is 1. The quantitative estimate of drug-likeness (QED) is 0.809. The van der Waals surface area contributed by atoms with Crippen molar-refractivity contribution >= 4 is 11.6 Å². The zero-order valence-corrected chi connectivity index (χ0v) is 7.64. The summed E-state index contributed by atoms with van der Waals surface area (Å²) in [6, 6.07) is 4.56. The van der Waals surface area contributed by atoms with Crippen molar-refractivity contribution in [3.8, 4) is 0 Å². The minimum Gasteiger partial charge on any atom is -0.376 e. The molecule has 0 fully saturated rings. The number of rotatable bonds is 3. The van der Waals surface area contributed by atoms with Crippen LogP contribution in [-0.2, 0) is 11.0 Å². The lowest BCUT2D eigenvalue weighted by molar-refractivity contribution is -0.137. The van der Waals surface area contributed by atoms with Crippen LogP contribution in [0.3, 0.4) is 0 Å². The standard InChI is InChI=1S/C9H9F3N2O/c10-9(11,12)6-2-1-3-7(4-6)14-5-8(13)15/h1-4,14H,5H2,(H2,13,15). The molecule has 0 aliphatic carbocycles. The topological polar surface area (TPSA) is 55.1 Å². The number of carbonyl (C=O) groups excluding carboxylic acids is 1. The summed E-state index contributed by atoms with van der Waals surface area (Å²) in [4.78, 5) is 10.4. The van der Waals surface area contributed by atoms with Gasteiger partial charge in [-0.25, -0.2) is 0 Å². The molecular weight excluding hydrogens is 209 g/mol. The number of carbonyl (C=O) groups is 1. The Bertz CT molecular complexity index is 363. The number of benzene rings is 1. The minimum absolute atomic E-state index is 0.193. The van der Waals surface area contributed by atoms with Crippen LogP contribution in [0.4, 0.5) is 18.9 Å². The first-order valence-corrected chi connectivity index (χ1v) is 4.09. The van der Waals surface area contributed by atoms with E-state index in [1.807, 2.05) is 0 Å². The third-order valence-corrected chi connectivity index (χ3v) is 1.66. The van der Waals surface area contributed by atoms with Crippen LogP contribution in [0.25, 0.3) is 0 Å². The predicted molar refractivity (Wildman–Crippen MR) is 49.1 cm³/mol. The van der Waals surface area contributed by atoms with E-state index in [-0.39, 0.29) is 12.2 Å². The fourth-order valence-corrected chi connectivity index (χ4v) is 0.995.